The molecule has 0 amide bonds. The van der Waals surface area contributed by atoms with Crippen molar-refractivity contribution in [2.75, 3.05) is 20.2 Å². The number of halogens is 2. The second-order valence-electron chi connectivity index (χ2n) is 5.37. The Hall–Kier alpha value is -2.05. The molecule has 7 heteroatoms. The molecule has 0 unspecified atom stereocenters. The van der Waals surface area contributed by atoms with E-state index in [0.29, 0.717) is 25.5 Å². The first-order valence-corrected chi connectivity index (χ1v) is 8.22. The number of unbranched alkanes of at least 4 members (excludes halogenated alkanes) is 3. The van der Waals surface area contributed by atoms with Crippen molar-refractivity contribution in [2.24, 2.45) is 10.7 Å². The van der Waals surface area contributed by atoms with Crippen LogP contribution in [0, 0.1) is 0 Å². The van der Waals surface area contributed by atoms with Gasteiger partial charge in [-0.25, -0.2) is 0 Å². The molecule has 0 spiro atoms. The fourth-order valence-corrected chi connectivity index (χ4v) is 2.19. The quantitative estimate of drug-likeness (QED) is 0.367. The Morgan fingerprint density at radius 1 is 1.25 bits per heavy atom. The SMILES string of the molecule is CCCCCCN=C(N)NCCc1ccc(OC)c(OC(F)F)c1. The summed E-state index contributed by atoms with van der Waals surface area (Å²) in [7, 11) is 1.41. The van der Waals surface area contributed by atoms with Crippen LogP contribution in [-0.4, -0.2) is 32.8 Å². The average Bonchev–Trinajstić information content (AvgIpc) is 2.54. The maximum atomic E-state index is 12.4. The van der Waals surface area contributed by atoms with Crippen LogP contribution in [0.1, 0.15) is 38.2 Å². The minimum Gasteiger partial charge on any atom is -0.493 e. The van der Waals surface area contributed by atoms with Crippen molar-refractivity contribution in [1.29, 1.82) is 0 Å². The van der Waals surface area contributed by atoms with E-state index in [1.54, 1.807) is 18.2 Å². The highest BCUT2D eigenvalue weighted by Crippen LogP contribution is 2.29. The molecule has 0 atom stereocenters. The van der Waals surface area contributed by atoms with Crippen LogP contribution < -0.4 is 20.5 Å². The zero-order valence-corrected chi connectivity index (χ0v) is 14.4. The largest absolute Gasteiger partial charge is 0.493 e. The van der Waals surface area contributed by atoms with Crippen LogP contribution in [0.25, 0.3) is 0 Å². The average molecular weight is 343 g/mol. The third-order valence-corrected chi connectivity index (χ3v) is 3.46. The van der Waals surface area contributed by atoms with Crippen LogP contribution in [0.3, 0.4) is 0 Å². The Morgan fingerprint density at radius 2 is 2.04 bits per heavy atom. The smallest absolute Gasteiger partial charge is 0.387 e. The summed E-state index contributed by atoms with van der Waals surface area (Å²) >= 11 is 0. The van der Waals surface area contributed by atoms with E-state index in [2.05, 4.69) is 22.0 Å². The molecule has 0 fully saturated rings. The molecule has 5 nitrogen and oxygen atoms in total. The van der Waals surface area contributed by atoms with Crippen molar-refractivity contribution >= 4 is 5.96 Å². The first-order valence-electron chi connectivity index (χ1n) is 8.22. The first-order chi connectivity index (χ1) is 11.6. The zero-order valence-electron chi connectivity index (χ0n) is 14.4. The summed E-state index contributed by atoms with van der Waals surface area (Å²) in [5.74, 6) is 0.715. The molecule has 0 aromatic heterocycles. The molecule has 1 aromatic rings. The van der Waals surface area contributed by atoms with Crippen molar-refractivity contribution in [1.82, 2.24) is 5.32 Å². The number of benzene rings is 1. The molecule has 3 N–H and O–H groups in total. The molecule has 0 aliphatic rings. The lowest BCUT2D eigenvalue weighted by atomic mass is 10.1. The highest BCUT2D eigenvalue weighted by atomic mass is 19.3. The Bertz CT molecular complexity index is 511. The van der Waals surface area contributed by atoms with E-state index in [1.165, 1.54) is 20.0 Å². The van der Waals surface area contributed by atoms with E-state index < -0.39 is 6.61 Å². The Balaban J connectivity index is 2.42. The van der Waals surface area contributed by atoms with Crippen molar-refractivity contribution in [3.05, 3.63) is 23.8 Å². The zero-order chi connectivity index (χ0) is 17.8. The predicted octanol–water partition coefficient (Wildman–Crippen LogP) is 3.32. The maximum Gasteiger partial charge on any atom is 0.387 e. The van der Waals surface area contributed by atoms with Gasteiger partial charge in [-0.3, -0.25) is 4.99 Å². The molecular formula is C17H27F2N3O2. The number of alkyl halides is 2. The van der Waals surface area contributed by atoms with Crippen molar-refractivity contribution < 1.29 is 18.3 Å². The second kappa shape index (κ2) is 11.5. The van der Waals surface area contributed by atoms with Crippen LogP contribution in [0.2, 0.25) is 0 Å². The number of rotatable bonds is 11. The topological polar surface area (TPSA) is 68.9 Å². The van der Waals surface area contributed by atoms with Gasteiger partial charge in [0.1, 0.15) is 0 Å². The monoisotopic (exact) mass is 343 g/mol. The van der Waals surface area contributed by atoms with Crippen LogP contribution in [0.4, 0.5) is 8.78 Å². The Labute approximate surface area is 142 Å². The van der Waals surface area contributed by atoms with Crippen molar-refractivity contribution in [2.45, 2.75) is 45.6 Å². The third kappa shape index (κ3) is 7.99. The van der Waals surface area contributed by atoms with E-state index in [1.807, 2.05) is 0 Å². The van der Waals surface area contributed by atoms with Crippen LogP contribution in [-0.2, 0) is 6.42 Å². The lowest BCUT2D eigenvalue weighted by Crippen LogP contribution is -2.33. The summed E-state index contributed by atoms with van der Waals surface area (Å²) < 4.78 is 34.3. The van der Waals surface area contributed by atoms with E-state index in [-0.39, 0.29) is 11.5 Å². The number of methoxy groups -OCH3 is 1. The number of guanidine groups is 1. The summed E-state index contributed by atoms with van der Waals surface area (Å²) in [6, 6.07) is 4.96. The molecule has 136 valence electrons. The van der Waals surface area contributed by atoms with Gasteiger partial charge in [-0.2, -0.15) is 8.78 Å². The highest BCUT2D eigenvalue weighted by Gasteiger charge is 2.11. The summed E-state index contributed by atoms with van der Waals surface area (Å²) in [5, 5.41) is 3.02. The number of hydrogen-bond donors (Lipinski definition) is 2. The van der Waals surface area contributed by atoms with Gasteiger partial charge in [-0.05, 0) is 30.5 Å². The molecule has 0 saturated heterocycles. The van der Waals surface area contributed by atoms with Crippen molar-refractivity contribution in [3.63, 3.8) is 0 Å². The van der Waals surface area contributed by atoms with Gasteiger partial charge in [-0.1, -0.05) is 32.3 Å². The molecule has 24 heavy (non-hydrogen) atoms. The Morgan fingerprint density at radius 3 is 2.71 bits per heavy atom. The lowest BCUT2D eigenvalue weighted by molar-refractivity contribution is -0.0512. The number of ether oxygens (including phenoxy) is 2. The van der Waals surface area contributed by atoms with Crippen molar-refractivity contribution in [3.8, 4) is 11.5 Å². The van der Waals surface area contributed by atoms with Gasteiger partial charge < -0.3 is 20.5 Å². The molecule has 1 rings (SSSR count). The lowest BCUT2D eigenvalue weighted by Gasteiger charge is -2.12. The van der Waals surface area contributed by atoms with E-state index in [4.69, 9.17) is 10.5 Å². The van der Waals surface area contributed by atoms with Crippen LogP contribution >= 0.6 is 0 Å². The number of nitrogens with zero attached hydrogens (tertiary/aromatic N) is 1. The molecule has 0 aliphatic carbocycles. The van der Waals surface area contributed by atoms with Gasteiger partial charge in [0.15, 0.2) is 17.5 Å². The number of nitrogens with one attached hydrogen (secondary N) is 1. The summed E-state index contributed by atoms with van der Waals surface area (Å²) in [5.41, 5.74) is 6.63. The third-order valence-electron chi connectivity index (χ3n) is 3.46. The highest BCUT2D eigenvalue weighted by molar-refractivity contribution is 5.77. The minimum absolute atomic E-state index is 0.0302. The molecular weight excluding hydrogens is 316 g/mol. The molecule has 0 aliphatic heterocycles. The molecule has 0 bridgehead atoms. The molecule has 1 aromatic carbocycles. The van der Waals surface area contributed by atoms with Gasteiger partial charge in [-0.15, -0.1) is 0 Å². The predicted molar refractivity (Wildman–Crippen MR) is 92.0 cm³/mol. The standard InChI is InChI=1S/C17H27F2N3O2/c1-3-4-5-6-10-21-17(20)22-11-9-13-7-8-14(23-2)15(12-13)24-16(18)19/h7-8,12,16H,3-6,9-11H2,1-2H3,(H3,20,21,22). The summed E-state index contributed by atoms with van der Waals surface area (Å²) in [6.45, 7) is 0.553. The van der Waals surface area contributed by atoms with Gasteiger partial charge in [0.05, 0.1) is 7.11 Å². The fourth-order valence-electron chi connectivity index (χ4n) is 2.19. The molecule has 0 saturated carbocycles. The van der Waals surface area contributed by atoms with Gasteiger partial charge in [0.25, 0.3) is 0 Å². The van der Waals surface area contributed by atoms with E-state index in [9.17, 15) is 8.78 Å². The molecule has 0 heterocycles. The van der Waals surface area contributed by atoms with E-state index in [0.717, 1.165) is 18.4 Å². The first kappa shape index (κ1) is 20.0. The summed E-state index contributed by atoms with van der Waals surface area (Å²) in [6.07, 6.45) is 5.20. The molecule has 0 radical (unpaired) electrons. The Kier molecular flexibility index (Phi) is 9.56. The van der Waals surface area contributed by atoms with Gasteiger partial charge in [0, 0.05) is 13.1 Å². The van der Waals surface area contributed by atoms with Crippen LogP contribution in [0.5, 0.6) is 11.5 Å². The normalized spacial score (nSPS) is 11.6. The fraction of sp³-hybridized carbons (Fsp3) is 0.588. The van der Waals surface area contributed by atoms with Gasteiger partial charge >= 0.3 is 6.61 Å². The summed E-state index contributed by atoms with van der Waals surface area (Å²) in [4.78, 5) is 4.25. The van der Waals surface area contributed by atoms with Gasteiger partial charge in [0.2, 0.25) is 0 Å². The van der Waals surface area contributed by atoms with E-state index >= 15 is 0 Å². The second-order valence-corrected chi connectivity index (χ2v) is 5.37. The number of nitrogens with two attached hydrogens (primary N) is 1. The number of hydrogen-bond acceptors (Lipinski definition) is 3. The maximum absolute atomic E-state index is 12.4. The minimum atomic E-state index is -2.89. The number of aliphatic imine (C=N–C) groups is 1. The van der Waals surface area contributed by atoms with Crippen LogP contribution in [0.15, 0.2) is 23.2 Å².